The molecule has 3 heteroatoms. The molecule has 2 N–H and O–H groups in total. The maximum Gasteiger partial charge on any atom is 0.249 e. The third kappa shape index (κ3) is 2.18. The number of benzene rings is 1. The number of carbonyl (C=O) groups excluding carboxylic acids is 1. The minimum absolute atomic E-state index is 0.0439. The van der Waals surface area contributed by atoms with Crippen molar-refractivity contribution in [2.24, 2.45) is 5.73 Å². The zero-order valence-corrected chi connectivity index (χ0v) is 8.61. The lowest BCUT2D eigenvalue weighted by molar-refractivity contribution is 0.0144. The Morgan fingerprint density at radius 3 is 2.80 bits per heavy atom. The second kappa shape index (κ2) is 4.45. The highest BCUT2D eigenvalue weighted by Gasteiger charge is 2.20. The average Bonchev–Trinajstić information content (AvgIpc) is 2.30. The molecule has 1 unspecified atom stereocenters. The monoisotopic (exact) mass is 205 g/mol. The Bertz CT molecular complexity index is 356. The fourth-order valence-electron chi connectivity index (χ4n) is 1.99. The van der Waals surface area contributed by atoms with Crippen LogP contribution < -0.4 is 5.73 Å². The maximum atomic E-state index is 11.2. The maximum absolute atomic E-state index is 11.2. The van der Waals surface area contributed by atoms with Crippen LogP contribution in [-0.2, 0) is 4.74 Å². The lowest BCUT2D eigenvalue weighted by atomic mass is 9.96. The van der Waals surface area contributed by atoms with E-state index in [0.29, 0.717) is 5.56 Å². The fourth-order valence-corrected chi connectivity index (χ4v) is 1.99. The van der Waals surface area contributed by atoms with Crippen molar-refractivity contribution >= 4 is 5.91 Å². The second-order valence-corrected chi connectivity index (χ2v) is 3.81. The molecule has 0 aliphatic carbocycles. The first-order chi connectivity index (χ1) is 7.29. The van der Waals surface area contributed by atoms with Crippen LogP contribution in [0.2, 0.25) is 0 Å². The van der Waals surface area contributed by atoms with E-state index in [9.17, 15) is 4.79 Å². The molecule has 0 saturated carbocycles. The van der Waals surface area contributed by atoms with Crippen LogP contribution in [0, 0.1) is 0 Å². The van der Waals surface area contributed by atoms with Crippen molar-refractivity contribution in [1.82, 2.24) is 0 Å². The number of hydrogen-bond acceptors (Lipinski definition) is 2. The number of rotatable bonds is 2. The van der Waals surface area contributed by atoms with E-state index >= 15 is 0 Å². The first-order valence-corrected chi connectivity index (χ1v) is 5.29. The number of nitrogens with two attached hydrogens (primary N) is 1. The minimum atomic E-state index is -0.375. The first kappa shape index (κ1) is 10.2. The average molecular weight is 205 g/mol. The van der Waals surface area contributed by atoms with Gasteiger partial charge < -0.3 is 10.5 Å². The summed E-state index contributed by atoms with van der Waals surface area (Å²) in [5.41, 5.74) is 6.85. The molecule has 1 amide bonds. The molecule has 0 aromatic heterocycles. The summed E-state index contributed by atoms with van der Waals surface area (Å²) in [5, 5.41) is 0. The summed E-state index contributed by atoms with van der Waals surface area (Å²) in [5.74, 6) is -0.375. The Hall–Kier alpha value is -1.35. The molecule has 1 aliphatic rings. The van der Waals surface area contributed by atoms with Gasteiger partial charge in [0.15, 0.2) is 0 Å². The van der Waals surface area contributed by atoms with Crippen LogP contribution in [0.1, 0.15) is 41.3 Å². The van der Waals surface area contributed by atoms with Gasteiger partial charge in [-0.3, -0.25) is 4.79 Å². The quantitative estimate of drug-likeness (QED) is 0.803. The van der Waals surface area contributed by atoms with Gasteiger partial charge in [-0.25, -0.2) is 0 Å². The highest BCUT2D eigenvalue weighted by Crippen LogP contribution is 2.29. The molecule has 0 radical (unpaired) electrons. The summed E-state index contributed by atoms with van der Waals surface area (Å²) < 4.78 is 5.65. The molecule has 0 bridgehead atoms. The van der Waals surface area contributed by atoms with Crippen LogP contribution >= 0.6 is 0 Å². The van der Waals surface area contributed by atoms with Crippen molar-refractivity contribution in [2.75, 3.05) is 6.61 Å². The predicted octanol–water partition coefficient (Wildman–Crippen LogP) is 2.03. The van der Waals surface area contributed by atoms with Crippen molar-refractivity contribution in [3.8, 4) is 0 Å². The topological polar surface area (TPSA) is 52.3 Å². The standard InChI is InChI=1S/C12H15NO2/c13-12(14)10-6-2-1-5-9(10)11-7-3-4-8-15-11/h1-2,5-6,11H,3-4,7-8H2,(H2,13,14). The summed E-state index contributed by atoms with van der Waals surface area (Å²) in [6.45, 7) is 0.776. The van der Waals surface area contributed by atoms with E-state index in [0.717, 1.165) is 31.4 Å². The lowest BCUT2D eigenvalue weighted by Gasteiger charge is -2.24. The molecule has 3 nitrogen and oxygen atoms in total. The molecular weight excluding hydrogens is 190 g/mol. The SMILES string of the molecule is NC(=O)c1ccccc1C1CCCCO1. The van der Waals surface area contributed by atoms with Gasteiger partial charge in [-0.1, -0.05) is 18.2 Å². The molecule has 1 aliphatic heterocycles. The van der Waals surface area contributed by atoms with E-state index in [-0.39, 0.29) is 12.0 Å². The zero-order chi connectivity index (χ0) is 10.7. The van der Waals surface area contributed by atoms with E-state index in [1.165, 1.54) is 0 Å². The zero-order valence-electron chi connectivity index (χ0n) is 8.61. The second-order valence-electron chi connectivity index (χ2n) is 3.81. The molecule has 1 heterocycles. The van der Waals surface area contributed by atoms with Crippen LogP contribution in [0.5, 0.6) is 0 Å². The van der Waals surface area contributed by atoms with Gasteiger partial charge >= 0.3 is 0 Å². The molecule has 1 atom stereocenters. The number of hydrogen-bond donors (Lipinski definition) is 1. The van der Waals surface area contributed by atoms with Crippen LogP contribution in [-0.4, -0.2) is 12.5 Å². The van der Waals surface area contributed by atoms with Gasteiger partial charge in [0.2, 0.25) is 5.91 Å². The van der Waals surface area contributed by atoms with Crippen LogP contribution in [0.15, 0.2) is 24.3 Å². The van der Waals surface area contributed by atoms with Gasteiger partial charge in [0.25, 0.3) is 0 Å². The normalized spacial score (nSPS) is 21.2. The summed E-state index contributed by atoms with van der Waals surface area (Å²) in [4.78, 5) is 11.2. The molecule has 15 heavy (non-hydrogen) atoms. The van der Waals surface area contributed by atoms with Gasteiger partial charge in [-0.05, 0) is 30.9 Å². The minimum Gasteiger partial charge on any atom is -0.374 e. The molecule has 2 rings (SSSR count). The lowest BCUT2D eigenvalue weighted by Crippen LogP contribution is -2.18. The smallest absolute Gasteiger partial charge is 0.249 e. The molecule has 0 spiro atoms. The van der Waals surface area contributed by atoms with Crippen LogP contribution in [0.4, 0.5) is 0 Å². The number of ether oxygens (including phenoxy) is 1. The van der Waals surface area contributed by atoms with E-state index in [1.807, 2.05) is 18.2 Å². The third-order valence-corrected chi connectivity index (χ3v) is 2.75. The highest BCUT2D eigenvalue weighted by molar-refractivity contribution is 5.94. The fraction of sp³-hybridized carbons (Fsp3) is 0.417. The van der Waals surface area contributed by atoms with E-state index < -0.39 is 0 Å². The van der Waals surface area contributed by atoms with Gasteiger partial charge in [0.05, 0.1) is 6.10 Å². The number of carbonyl (C=O) groups is 1. The summed E-state index contributed by atoms with van der Waals surface area (Å²) in [6.07, 6.45) is 3.28. The summed E-state index contributed by atoms with van der Waals surface area (Å²) in [6, 6.07) is 7.43. The van der Waals surface area contributed by atoms with E-state index in [1.54, 1.807) is 6.07 Å². The Morgan fingerprint density at radius 1 is 1.33 bits per heavy atom. The Kier molecular flexibility index (Phi) is 3.02. The first-order valence-electron chi connectivity index (χ1n) is 5.29. The van der Waals surface area contributed by atoms with Gasteiger partial charge in [0.1, 0.15) is 0 Å². The Morgan fingerprint density at radius 2 is 2.13 bits per heavy atom. The van der Waals surface area contributed by atoms with Crippen LogP contribution in [0.25, 0.3) is 0 Å². The Labute approximate surface area is 89.2 Å². The number of amides is 1. The van der Waals surface area contributed by atoms with Crippen molar-refractivity contribution in [3.05, 3.63) is 35.4 Å². The van der Waals surface area contributed by atoms with Gasteiger partial charge in [-0.2, -0.15) is 0 Å². The van der Waals surface area contributed by atoms with Gasteiger partial charge in [-0.15, -0.1) is 0 Å². The largest absolute Gasteiger partial charge is 0.374 e. The molecule has 1 saturated heterocycles. The molecule has 80 valence electrons. The van der Waals surface area contributed by atoms with E-state index in [2.05, 4.69) is 0 Å². The summed E-state index contributed by atoms with van der Waals surface area (Å²) in [7, 11) is 0. The van der Waals surface area contributed by atoms with Crippen molar-refractivity contribution in [1.29, 1.82) is 0 Å². The molecular formula is C12H15NO2. The molecule has 1 aromatic carbocycles. The predicted molar refractivity (Wildman–Crippen MR) is 57.5 cm³/mol. The third-order valence-electron chi connectivity index (χ3n) is 2.75. The van der Waals surface area contributed by atoms with Crippen LogP contribution in [0.3, 0.4) is 0 Å². The van der Waals surface area contributed by atoms with Crippen molar-refractivity contribution in [2.45, 2.75) is 25.4 Å². The number of primary amides is 1. The van der Waals surface area contributed by atoms with Gasteiger partial charge in [0, 0.05) is 12.2 Å². The highest BCUT2D eigenvalue weighted by atomic mass is 16.5. The van der Waals surface area contributed by atoms with Crippen molar-refractivity contribution < 1.29 is 9.53 Å². The molecule has 1 aromatic rings. The van der Waals surface area contributed by atoms with E-state index in [4.69, 9.17) is 10.5 Å². The Balaban J connectivity index is 2.29. The molecule has 1 fully saturated rings. The van der Waals surface area contributed by atoms with Crippen molar-refractivity contribution in [3.63, 3.8) is 0 Å². The summed E-state index contributed by atoms with van der Waals surface area (Å²) >= 11 is 0.